The summed E-state index contributed by atoms with van der Waals surface area (Å²) in [6, 6.07) is 22.1. The van der Waals surface area contributed by atoms with Crippen LogP contribution in [0.25, 0.3) is 0 Å². The molecule has 0 unspecified atom stereocenters. The summed E-state index contributed by atoms with van der Waals surface area (Å²) in [5.74, 6) is 2.33. The minimum Gasteiger partial charge on any atom is -0.494 e. The Bertz CT molecular complexity index is 898. The zero-order valence-electron chi connectivity index (χ0n) is 16.8. The van der Waals surface area contributed by atoms with Gasteiger partial charge in [-0.05, 0) is 77.3 Å². The maximum absolute atomic E-state index is 6.05. The van der Waals surface area contributed by atoms with Crippen LogP contribution >= 0.6 is 15.9 Å². The first-order valence-corrected chi connectivity index (χ1v) is 10.6. The molecule has 0 bridgehead atoms. The summed E-state index contributed by atoms with van der Waals surface area (Å²) in [4.78, 5) is 0. The van der Waals surface area contributed by atoms with E-state index < -0.39 is 0 Å². The highest BCUT2D eigenvalue weighted by Gasteiger charge is 2.13. The molecule has 3 rings (SSSR count). The van der Waals surface area contributed by atoms with Crippen molar-refractivity contribution in [2.45, 2.75) is 27.0 Å². The Morgan fingerprint density at radius 1 is 0.793 bits per heavy atom. The second kappa shape index (κ2) is 10.8. The Morgan fingerprint density at radius 2 is 1.52 bits per heavy atom. The number of ether oxygens (including phenoxy) is 3. The van der Waals surface area contributed by atoms with Gasteiger partial charge < -0.3 is 19.5 Å². The zero-order chi connectivity index (χ0) is 20.5. The van der Waals surface area contributed by atoms with E-state index in [1.165, 1.54) is 0 Å². The van der Waals surface area contributed by atoms with Crippen molar-refractivity contribution in [1.82, 2.24) is 0 Å². The van der Waals surface area contributed by atoms with Gasteiger partial charge in [0.15, 0.2) is 11.5 Å². The van der Waals surface area contributed by atoms with Gasteiger partial charge in [-0.1, -0.05) is 30.3 Å². The van der Waals surface area contributed by atoms with Crippen LogP contribution in [0.4, 0.5) is 5.69 Å². The van der Waals surface area contributed by atoms with E-state index in [0.29, 0.717) is 26.4 Å². The Hall–Kier alpha value is -2.66. The van der Waals surface area contributed by atoms with Crippen LogP contribution in [-0.4, -0.2) is 13.2 Å². The SMILES string of the molecule is CCOc1ccc(NCc2cc(Br)c(OCc3ccccc3)c(OCC)c2)cc1. The van der Waals surface area contributed by atoms with Gasteiger partial charge in [0.25, 0.3) is 0 Å². The molecule has 0 amide bonds. The smallest absolute Gasteiger partial charge is 0.175 e. The van der Waals surface area contributed by atoms with Crippen LogP contribution in [0.5, 0.6) is 17.2 Å². The fourth-order valence-electron chi connectivity index (χ4n) is 2.90. The summed E-state index contributed by atoms with van der Waals surface area (Å²) in [6.07, 6.45) is 0. The second-order valence-corrected chi connectivity index (χ2v) is 7.28. The molecule has 0 saturated carbocycles. The number of anilines is 1. The Balaban J connectivity index is 1.69. The van der Waals surface area contributed by atoms with Gasteiger partial charge in [-0.2, -0.15) is 0 Å². The summed E-state index contributed by atoms with van der Waals surface area (Å²) in [6.45, 7) is 6.35. The van der Waals surface area contributed by atoms with E-state index in [2.05, 4.69) is 27.3 Å². The number of hydrogen-bond donors (Lipinski definition) is 1. The molecule has 3 aromatic carbocycles. The third kappa shape index (κ3) is 6.16. The van der Waals surface area contributed by atoms with E-state index in [4.69, 9.17) is 14.2 Å². The van der Waals surface area contributed by atoms with Crippen LogP contribution in [0.1, 0.15) is 25.0 Å². The van der Waals surface area contributed by atoms with Crippen LogP contribution in [0.15, 0.2) is 71.2 Å². The van der Waals surface area contributed by atoms with Gasteiger partial charge in [-0.15, -0.1) is 0 Å². The van der Waals surface area contributed by atoms with Gasteiger partial charge in [0, 0.05) is 12.2 Å². The van der Waals surface area contributed by atoms with Gasteiger partial charge in [0.1, 0.15) is 12.4 Å². The molecule has 0 radical (unpaired) electrons. The maximum Gasteiger partial charge on any atom is 0.175 e. The largest absolute Gasteiger partial charge is 0.494 e. The molecule has 0 atom stereocenters. The highest BCUT2D eigenvalue weighted by atomic mass is 79.9. The fraction of sp³-hybridized carbons (Fsp3) is 0.250. The lowest BCUT2D eigenvalue weighted by Crippen LogP contribution is -2.04. The normalized spacial score (nSPS) is 10.4. The molecule has 0 heterocycles. The summed E-state index contributed by atoms with van der Waals surface area (Å²) in [5, 5.41) is 3.43. The van der Waals surface area contributed by atoms with Crippen LogP contribution in [0.3, 0.4) is 0 Å². The van der Waals surface area contributed by atoms with Gasteiger partial charge in [0.05, 0.1) is 17.7 Å². The third-order valence-corrected chi connectivity index (χ3v) is 4.85. The minimum absolute atomic E-state index is 0.489. The van der Waals surface area contributed by atoms with Gasteiger partial charge in [0.2, 0.25) is 0 Å². The number of rotatable bonds is 10. The van der Waals surface area contributed by atoms with E-state index in [0.717, 1.165) is 38.5 Å². The molecule has 0 aromatic heterocycles. The monoisotopic (exact) mass is 455 g/mol. The quantitative estimate of drug-likeness (QED) is 0.381. The Labute approximate surface area is 180 Å². The molecule has 3 aromatic rings. The lowest BCUT2D eigenvalue weighted by atomic mass is 10.2. The average Bonchev–Trinajstić information content (AvgIpc) is 2.74. The molecule has 5 heteroatoms. The molecule has 0 spiro atoms. The topological polar surface area (TPSA) is 39.7 Å². The Kier molecular flexibility index (Phi) is 7.82. The van der Waals surface area contributed by atoms with Gasteiger partial charge >= 0.3 is 0 Å². The third-order valence-electron chi connectivity index (χ3n) is 4.26. The zero-order valence-corrected chi connectivity index (χ0v) is 18.4. The molecule has 1 N–H and O–H groups in total. The standard InChI is InChI=1S/C24H26BrNO3/c1-3-27-21-12-10-20(11-13-21)26-16-19-14-22(25)24(23(15-19)28-4-2)29-17-18-8-6-5-7-9-18/h5-15,26H,3-4,16-17H2,1-2H3. The van der Waals surface area contributed by atoms with E-state index >= 15 is 0 Å². The second-order valence-electron chi connectivity index (χ2n) is 6.42. The van der Waals surface area contributed by atoms with Crippen molar-refractivity contribution in [2.24, 2.45) is 0 Å². The number of nitrogens with one attached hydrogen (secondary N) is 1. The molecular weight excluding hydrogens is 430 g/mol. The van der Waals surface area contributed by atoms with Gasteiger partial charge in [-0.25, -0.2) is 0 Å². The van der Waals surface area contributed by atoms with Crippen LogP contribution in [-0.2, 0) is 13.2 Å². The minimum atomic E-state index is 0.489. The Morgan fingerprint density at radius 3 is 2.21 bits per heavy atom. The molecule has 0 aliphatic rings. The van der Waals surface area contributed by atoms with Crippen molar-refractivity contribution in [3.63, 3.8) is 0 Å². The van der Waals surface area contributed by atoms with Crippen molar-refractivity contribution < 1.29 is 14.2 Å². The predicted molar refractivity (Wildman–Crippen MR) is 121 cm³/mol. The maximum atomic E-state index is 6.05. The first-order chi connectivity index (χ1) is 14.2. The van der Waals surface area contributed by atoms with Crippen molar-refractivity contribution in [3.8, 4) is 17.2 Å². The van der Waals surface area contributed by atoms with Crippen molar-refractivity contribution in [2.75, 3.05) is 18.5 Å². The average molecular weight is 456 g/mol. The number of benzene rings is 3. The highest BCUT2D eigenvalue weighted by molar-refractivity contribution is 9.10. The molecule has 4 nitrogen and oxygen atoms in total. The molecular formula is C24H26BrNO3. The summed E-state index contributed by atoms with van der Waals surface area (Å²) >= 11 is 3.65. The van der Waals surface area contributed by atoms with E-state index in [1.54, 1.807) is 0 Å². The molecule has 0 aliphatic carbocycles. The first-order valence-electron chi connectivity index (χ1n) is 9.78. The number of halogens is 1. The molecule has 152 valence electrons. The van der Waals surface area contributed by atoms with Gasteiger partial charge in [-0.3, -0.25) is 0 Å². The predicted octanol–water partition coefficient (Wildman–Crippen LogP) is 6.44. The summed E-state index contributed by atoms with van der Waals surface area (Å²) < 4.78 is 18.3. The first kappa shape index (κ1) is 21.1. The molecule has 0 fully saturated rings. The van der Waals surface area contributed by atoms with Crippen molar-refractivity contribution in [1.29, 1.82) is 0 Å². The summed E-state index contributed by atoms with van der Waals surface area (Å²) in [5.41, 5.74) is 3.25. The lowest BCUT2D eigenvalue weighted by Gasteiger charge is -2.16. The van der Waals surface area contributed by atoms with E-state index in [-0.39, 0.29) is 0 Å². The van der Waals surface area contributed by atoms with Crippen LogP contribution in [0.2, 0.25) is 0 Å². The van der Waals surface area contributed by atoms with E-state index in [9.17, 15) is 0 Å². The number of hydrogen-bond acceptors (Lipinski definition) is 4. The van der Waals surface area contributed by atoms with E-state index in [1.807, 2.05) is 74.5 Å². The van der Waals surface area contributed by atoms with Crippen molar-refractivity contribution >= 4 is 21.6 Å². The summed E-state index contributed by atoms with van der Waals surface area (Å²) in [7, 11) is 0. The molecule has 0 saturated heterocycles. The van der Waals surface area contributed by atoms with Crippen LogP contribution in [0, 0.1) is 0 Å². The molecule has 29 heavy (non-hydrogen) atoms. The fourth-order valence-corrected chi connectivity index (χ4v) is 3.50. The lowest BCUT2D eigenvalue weighted by molar-refractivity contribution is 0.267. The van der Waals surface area contributed by atoms with Crippen LogP contribution < -0.4 is 19.5 Å². The molecule has 0 aliphatic heterocycles. The van der Waals surface area contributed by atoms with Crippen molar-refractivity contribution in [3.05, 3.63) is 82.3 Å². The highest BCUT2D eigenvalue weighted by Crippen LogP contribution is 2.37.